The van der Waals surface area contributed by atoms with Crippen molar-refractivity contribution in [2.24, 2.45) is 0 Å². The van der Waals surface area contributed by atoms with E-state index >= 15 is 0 Å². The van der Waals surface area contributed by atoms with E-state index in [1.165, 1.54) is 13.6 Å². The molecule has 1 unspecified atom stereocenters. The highest BCUT2D eigenvalue weighted by Gasteiger charge is 2.15. The van der Waals surface area contributed by atoms with Gasteiger partial charge in [-0.1, -0.05) is 19.1 Å². The second-order valence-corrected chi connectivity index (χ2v) is 1.68. The van der Waals surface area contributed by atoms with Crippen molar-refractivity contribution in [2.75, 3.05) is 0 Å². The van der Waals surface area contributed by atoms with Gasteiger partial charge in [-0.05, 0) is 0 Å². The predicted molar refractivity (Wildman–Crippen MR) is 21.4 cm³/mol. The maximum Gasteiger partial charge on any atom is 0.122 e. The molecule has 0 radical (unpaired) electrons. The lowest BCUT2D eigenvalue weighted by atomic mass is 10.0. The SMILES string of the molecule is CC1BC1. The molecule has 1 aliphatic heterocycles. The van der Waals surface area contributed by atoms with Crippen molar-refractivity contribution in [1.82, 2.24) is 0 Å². The number of hydrogen-bond acceptors (Lipinski definition) is 0. The van der Waals surface area contributed by atoms with Crippen LogP contribution in [0, 0.1) is 0 Å². The van der Waals surface area contributed by atoms with E-state index in [0.717, 1.165) is 5.82 Å². The fourth-order valence-electron chi connectivity index (χ4n) is 0.167. The first-order valence-corrected chi connectivity index (χ1v) is 1.89. The minimum Gasteiger partial charge on any atom is -0.0814 e. The first-order valence-electron chi connectivity index (χ1n) is 1.89. The van der Waals surface area contributed by atoms with Crippen LogP contribution in [-0.4, -0.2) is 7.28 Å². The van der Waals surface area contributed by atoms with Crippen molar-refractivity contribution in [3.63, 3.8) is 0 Å². The second kappa shape index (κ2) is 0.509. The predicted octanol–water partition coefficient (Wildman–Crippen LogP) is 0.663. The molecule has 1 rings (SSSR count). The maximum atomic E-state index is 2.28. The van der Waals surface area contributed by atoms with Crippen molar-refractivity contribution >= 4 is 7.28 Å². The molecule has 0 saturated carbocycles. The highest BCUT2D eigenvalue weighted by molar-refractivity contribution is 6.50. The van der Waals surface area contributed by atoms with E-state index in [4.69, 9.17) is 0 Å². The normalized spacial score (nSPS) is 37.8. The van der Waals surface area contributed by atoms with Crippen molar-refractivity contribution in [2.45, 2.75) is 19.1 Å². The van der Waals surface area contributed by atoms with Gasteiger partial charge in [-0.3, -0.25) is 0 Å². The summed E-state index contributed by atoms with van der Waals surface area (Å²) < 4.78 is 0. The van der Waals surface area contributed by atoms with Gasteiger partial charge in [-0.2, -0.15) is 0 Å². The molecule has 0 aromatic carbocycles. The lowest BCUT2D eigenvalue weighted by molar-refractivity contribution is 1.21. The van der Waals surface area contributed by atoms with Crippen LogP contribution in [0.3, 0.4) is 0 Å². The summed E-state index contributed by atoms with van der Waals surface area (Å²) in [4.78, 5) is 0. The van der Waals surface area contributed by atoms with E-state index in [0.29, 0.717) is 0 Å². The molecule has 0 spiro atoms. The smallest absolute Gasteiger partial charge is 0.0814 e. The van der Waals surface area contributed by atoms with Gasteiger partial charge in [0.25, 0.3) is 0 Å². The summed E-state index contributed by atoms with van der Waals surface area (Å²) in [7, 11) is 1.49. The van der Waals surface area contributed by atoms with Crippen molar-refractivity contribution in [1.29, 1.82) is 0 Å². The van der Waals surface area contributed by atoms with Gasteiger partial charge in [0.15, 0.2) is 0 Å². The molecule has 1 heteroatoms. The Kier molecular flexibility index (Phi) is 0.294. The molecule has 1 heterocycles. The van der Waals surface area contributed by atoms with E-state index in [-0.39, 0.29) is 0 Å². The molecule has 0 aliphatic carbocycles. The zero-order valence-corrected chi connectivity index (χ0v) is 2.99. The van der Waals surface area contributed by atoms with Gasteiger partial charge < -0.3 is 0 Å². The molecule has 0 bridgehead atoms. The Morgan fingerprint density at radius 2 is 2.25 bits per heavy atom. The van der Waals surface area contributed by atoms with Gasteiger partial charge in [0.2, 0.25) is 0 Å². The summed E-state index contributed by atoms with van der Waals surface area (Å²) in [6, 6.07) is 0. The van der Waals surface area contributed by atoms with Crippen LogP contribution in [0.15, 0.2) is 0 Å². The first kappa shape index (κ1) is 2.31. The Hall–Kier alpha value is 0.0649. The Labute approximate surface area is 27.5 Å². The molecule has 1 fully saturated rings. The van der Waals surface area contributed by atoms with Gasteiger partial charge in [0, 0.05) is 0 Å². The average molecular weight is 53.9 g/mol. The summed E-state index contributed by atoms with van der Waals surface area (Å²) in [5, 5.41) is 0. The molecule has 1 atom stereocenters. The van der Waals surface area contributed by atoms with Gasteiger partial charge in [-0.15, -0.1) is 0 Å². The fourth-order valence-corrected chi connectivity index (χ4v) is 0.167. The third-order valence-electron chi connectivity index (χ3n) is 0.866. The first-order chi connectivity index (χ1) is 1.89. The molecule has 0 amide bonds. The van der Waals surface area contributed by atoms with Crippen LogP contribution in [0.2, 0.25) is 12.1 Å². The molecular weight excluding hydrogens is 46.8 g/mol. The lowest BCUT2D eigenvalue weighted by Crippen LogP contribution is -1.41. The van der Waals surface area contributed by atoms with Gasteiger partial charge >= 0.3 is 0 Å². The monoisotopic (exact) mass is 54.1 g/mol. The third-order valence-corrected chi connectivity index (χ3v) is 0.866. The molecule has 4 heavy (non-hydrogen) atoms. The molecule has 0 N–H and O–H groups in total. The molecule has 22 valence electrons. The molecule has 0 aromatic heterocycles. The quantitative estimate of drug-likeness (QED) is 0.356. The second-order valence-electron chi connectivity index (χ2n) is 1.68. The average Bonchev–Trinajstić information content (AvgIpc) is 1.75. The summed E-state index contributed by atoms with van der Waals surface area (Å²) in [5.41, 5.74) is 0. The van der Waals surface area contributed by atoms with Gasteiger partial charge in [-0.25, -0.2) is 0 Å². The largest absolute Gasteiger partial charge is 0.122 e. The molecule has 0 aromatic rings. The van der Waals surface area contributed by atoms with E-state index in [1.807, 2.05) is 0 Å². The van der Waals surface area contributed by atoms with Crippen LogP contribution >= 0.6 is 0 Å². The molecule has 0 nitrogen and oxygen atoms in total. The Balaban J connectivity index is 2.17. The summed E-state index contributed by atoms with van der Waals surface area (Å²) in [6.07, 6.45) is 1.49. The van der Waals surface area contributed by atoms with Crippen LogP contribution in [0.25, 0.3) is 0 Å². The van der Waals surface area contributed by atoms with E-state index < -0.39 is 0 Å². The molecular formula is C3H7B. The summed E-state index contributed by atoms with van der Waals surface area (Å²) in [5.74, 6) is 1.08. The highest BCUT2D eigenvalue weighted by atomic mass is 13.9. The number of rotatable bonds is 0. The van der Waals surface area contributed by atoms with Crippen LogP contribution in [0.1, 0.15) is 6.92 Å². The standard InChI is InChI=1S/C3H7B/c1-3-2-4-3/h3-4H,2H2,1H3. The number of hydrogen-bond donors (Lipinski definition) is 0. The Bertz CT molecular complexity index is 22.5. The van der Waals surface area contributed by atoms with Crippen LogP contribution in [-0.2, 0) is 0 Å². The maximum absolute atomic E-state index is 2.28. The lowest BCUT2D eigenvalue weighted by Gasteiger charge is -1.54. The van der Waals surface area contributed by atoms with Crippen molar-refractivity contribution in [3.8, 4) is 0 Å². The Morgan fingerprint density at radius 1 is 2.00 bits per heavy atom. The zero-order chi connectivity index (χ0) is 2.99. The van der Waals surface area contributed by atoms with Crippen LogP contribution < -0.4 is 0 Å². The summed E-state index contributed by atoms with van der Waals surface area (Å²) in [6.45, 7) is 2.28. The molecule has 1 saturated heterocycles. The fraction of sp³-hybridized carbons (Fsp3) is 1.00. The van der Waals surface area contributed by atoms with E-state index in [1.54, 1.807) is 0 Å². The summed E-state index contributed by atoms with van der Waals surface area (Å²) >= 11 is 0. The minimum atomic E-state index is 1.08. The van der Waals surface area contributed by atoms with E-state index in [9.17, 15) is 0 Å². The minimum absolute atomic E-state index is 1.08. The van der Waals surface area contributed by atoms with Gasteiger partial charge in [0.05, 0.1) is 0 Å². The van der Waals surface area contributed by atoms with Gasteiger partial charge in [0.1, 0.15) is 7.28 Å². The topological polar surface area (TPSA) is 0 Å². The van der Waals surface area contributed by atoms with Crippen molar-refractivity contribution < 1.29 is 0 Å². The Morgan fingerprint density at radius 3 is 2.25 bits per heavy atom. The van der Waals surface area contributed by atoms with Crippen molar-refractivity contribution in [3.05, 3.63) is 0 Å². The van der Waals surface area contributed by atoms with E-state index in [2.05, 4.69) is 6.92 Å². The van der Waals surface area contributed by atoms with Crippen LogP contribution in [0.5, 0.6) is 0 Å². The molecule has 1 aliphatic rings. The van der Waals surface area contributed by atoms with Crippen LogP contribution in [0.4, 0.5) is 0 Å². The third kappa shape index (κ3) is 0.249. The zero-order valence-electron chi connectivity index (χ0n) is 2.99. The highest BCUT2D eigenvalue weighted by Crippen LogP contribution is 2.24.